The first kappa shape index (κ1) is 10.9. The largest absolute Gasteiger partial charge is 0.524 e. The average molecular weight is 298 g/mol. The highest BCUT2D eigenvalue weighted by Gasteiger charge is 2.20. The highest BCUT2D eigenvalue weighted by atomic mass is 31.2. The van der Waals surface area contributed by atoms with E-state index in [1.807, 2.05) is 0 Å². The van der Waals surface area contributed by atoms with Crippen LogP contribution in [0.25, 0.3) is 15.7 Å². The third kappa shape index (κ3) is 3.18. The van der Waals surface area contributed by atoms with Crippen LogP contribution in [0.2, 0.25) is 0 Å². The van der Waals surface area contributed by atoms with Gasteiger partial charge in [0.15, 0.2) is 5.69 Å². The third-order valence-electron chi connectivity index (χ3n) is 2.68. The van der Waals surface area contributed by atoms with Gasteiger partial charge in [-0.15, -0.1) is 0 Å². The monoisotopic (exact) mass is 298 g/mol. The van der Waals surface area contributed by atoms with Crippen molar-refractivity contribution in [2.45, 2.75) is 6.42 Å². The van der Waals surface area contributed by atoms with Crippen LogP contribution in [0.4, 0.5) is 5.69 Å². The summed E-state index contributed by atoms with van der Waals surface area (Å²) in [7, 11) is -4.79. The SMILES string of the molecule is [2H]C([2H])([2H])NCCc1c[nH]c2cc([N+]#[C-])cc(OP(=O)(O)O)c12. The molecule has 1 heterocycles. The van der Waals surface area contributed by atoms with Crippen LogP contribution in [-0.4, -0.2) is 28.3 Å². The molecule has 0 amide bonds. The maximum atomic E-state index is 11.1. The molecule has 106 valence electrons. The number of rotatable bonds is 5. The van der Waals surface area contributed by atoms with Gasteiger partial charge in [0.2, 0.25) is 0 Å². The first-order valence-electron chi connectivity index (χ1n) is 7.11. The van der Waals surface area contributed by atoms with Crippen molar-refractivity contribution in [3.8, 4) is 5.75 Å². The molecule has 0 aliphatic heterocycles. The van der Waals surface area contributed by atoms with E-state index in [9.17, 15) is 4.57 Å². The second-order valence-electron chi connectivity index (χ2n) is 4.05. The van der Waals surface area contributed by atoms with Crippen LogP contribution >= 0.6 is 7.82 Å². The second-order valence-corrected chi connectivity index (χ2v) is 5.21. The number of fused-ring (bicyclic) bond motifs is 1. The van der Waals surface area contributed by atoms with Gasteiger partial charge in [0.05, 0.1) is 6.57 Å². The van der Waals surface area contributed by atoms with Gasteiger partial charge >= 0.3 is 7.82 Å². The Morgan fingerprint density at radius 1 is 1.60 bits per heavy atom. The van der Waals surface area contributed by atoms with Gasteiger partial charge in [0, 0.05) is 21.2 Å². The zero-order valence-electron chi connectivity index (χ0n) is 13.3. The summed E-state index contributed by atoms with van der Waals surface area (Å²) in [6, 6.07) is 2.76. The lowest BCUT2D eigenvalue weighted by molar-refractivity contribution is 0.284. The molecule has 0 fully saturated rings. The lowest BCUT2D eigenvalue weighted by atomic mass is 10.1. The molecule has 0 saturated carbocycles. The van der Waals surface area contributed by atoms with E-state index in [0.29, 0.717) is 22.9 Å². The van der Waals surface area contributed by atoms with Crippen molar-refractivity contribution in [2.75, 3.05) is 13.5 Å². The minimum absolute atomic E-state index is 0.119. The Kier molecular flexibility index (Phi) is 3.08. The van der Waals surface area contributed by atoms with Crippen molar-refractivity contribution >= 4 is 24.4 Å². The molecule has 0 aliphatic rings. The van der Waals surface area contributed by atoms with Crippen molar-refractivity contribution in [2.24, 2.45) is 0 Å². The Morgan fingerprint density at radius 3 is 3.05 bits per heavy atom. The molecule has 0 spiro atoms. The van der Waals surface area contributed by atoms with Crippen LogP contribution in [-0.2, 0) is 11.0 Å². The smallest absolute Gasteiger partial charge is 0.405 e. The Bertz CT molecular complexity index is 806. The molecule has 0 atom stereocenters. The predicted octanol–water partition coefficient (Wildman–Crippen LogP) is 1.95. The van der Waals surface area contributed by atoms with Gasteiger partial charge in [0.1, 0.15) is 5.75 Å². The zero-order valence-corrected chi connectivity index (χ0v) is 11.1. The van der Waals surface area contributed by atoms with E-state index in [1.165, 1.54) is 12.1 Å². The number of phosphoric ester groups is 1. The lowest BCUT2D eigenvalue weighted by Gasteiger charge is -2.10. The van der Waals surface area contributed by atoms with Gasteiger partial charge in [0.25, 0.3) is 0 Å². The number of aromatic amines is 1. The molecule has 1 aromatic carbocycles. The summed E-state index contributed by atoms with van der Waals surface area (Å²) in [4.78, 5) is 24.2. The molecule has 2 rings (SSSR count). The summed E-state index contributed by atoms with van der Waals surface area (Å²) < 4.78 is 37.1. The molecule has 0 unspecified atom stereocenters. The summed E-state index contributed by atoms with van der Waals surface area (Å²) >= 11 is 0. The van der Waals surface area contributed by atoms with Crippen LogP contribution in [0.5, 0.6) is 5.75 Å². The molecule has 20 heavy (non-hydrogen) atoms. The Labute approximate surface area is 119 Å². The highest BCUT2D eigenvalue weighted by molar-refractivity contribution is 7.46. The van der Waals surface area contributed by atoms with Crippen LogP contribution in [0.1, 0.15) is 9.68 Å². The number of benzene rings is 1. The fourth-order valence-electron chi connectivity index (χ4n) is 1.94. The van der Waals surface area contributed by atoms with E-state index in [-0.39, 0.29) is 18.0 Å². The molecule has 0 radical (unpaired) electrons. The standard InChI is InChI=1S/C12H14N3O4P/c1-13-4-3-8-7-15-10-5-9(14-2)6-11(12(8)10)19-20(16,17)18/h5-7,13,15H,3-4H2,1H3,(H2,16,17,18)/i1D3. The van der Waals surface area contributed by atoms with Gasteiger partial charge in [-0.3, -0.25) is 9.79 Å². The van der Waals surface area contributed by atoms with E-state index in [2.05, 4.69) is 19.7 Å². The molecular weight excluding hydrogens is 281 g/mol. The quantitative estimate of drug-likeness (QED) is 0.499. The number of nitrogens with zero attached hydrogens (tertiary/aromatic N) is 1. The number of likely N-dealkylation sites (N-methyl/N-ethyl adjacent to an activating group) is 1. The maximum Gasteiger partial charge on any atom is 0.524 e. The van der Waals surface area contributed by atoms with Gasteiger partial charge in [-0.1, -0.05) is 0 Å². The number of hydrogen-bond acceptors (Lipinski definition) is 3. The minimum Gasteiger partial charge on any atom is -0.405 e. The first-order valence-corrected chi connectivity index (χ1v) is 7.14. The molecule has 1 aromatic heterocycles. The summed E-state index contributed by atoms with van der Waals surface area (Å²) in [6.07, 6.45) is 1.89. The van der Waals surface area contributed by atoms with Gasteiger partial charge < -0.3 is 14.8 Å². The van der Waals surface area contributed by atoms with Crippen LogP contribution in [0.3, 0.4) is 0 Å². The summed E-state index contributed by atoms with van der Waals surface area (Å²) in [5.41, 5.74) is 1.26. The Morgan fingerprint density at radius 2 is 2.40 bits per heavy atom. The minimum atomic E-state index is -4.79. The first-order chi connectivity index (χ1) is 10.6. The third-order valence-corrected chi connectivity index (χ3v) is 3.11. The van der Waals surface area contributed by atoms with E-state index < -0.39 is 14.8 Å². The molecular formula is C12H14N3O4P. The summed E-state index contributed by atoms with van der Waals surface area (Å²) in [5, 5.41) is 2.77. The van der Waals surface area contributed by atoms with Crippen molar-refractivity contribution in [3.05, 3.63) is 35.3 Å². The van der Waals surface area contributed by atoms with E-state index in [4.69, 9.17) is 20.5 Å². The van der Waals surface area contributed by atoms with Crippen molar-refractivity contribution in [3.63, 3.8) is 0 Å². The zero-order chi connectivity index (χ0) is 17.3. The number of nitrogens with one attached hydrogen (secondary N) is 2. The van der Waals surface area contributed by atoms with Crippen LogP contribution in [0, 0.1) is 6.57 Å². The fourth-order valence-corrected chi connectivity index (χ4v) is 2.34. The fraction of sp³-hybridized carbons (Fsp3) is 0.250. The normalized spacial score (nSPS) is 14.3. The molecule has 7 nitrogen and oxygen atoms in total. The molecule has 2 aromatic rings. The van der Waals surface area contributed by atoms with Crippen LogP contribution < -0.4 is 9.84 Å². The highest BCUT2D eigenvalue weighted by Crippen LogP contribution is 2.43. The average Bonchev–Trinajstić information content (AvgIpc) is 2.79. The molecule has 8 heteroatoms. The van der Waals surface area contributed by atoms with E-state index in [0.717, 1.165) is 0 Å². The van der Waals surface area contributed by atoms with E-state index >= 15 is 0 Å². The lowest BCUT2D eigenvalue weighted by Crippen LogP contribution is -2.10. The van der Waals surface area contributed by atoms with Crippen molar-refractivity contribution in [1.29, 1.82) is 0 Å². The summed E-state index contributed by atoms with van der Waals surface area (Å²) in [6.45, 7) is 4.89. The van der Waals surface area contributed by atoms with Gasteiger partial charge in [-0.05, 0) is 37.6 Å². The Hall–Kier alpha value is -1.84. The number of aromatic nitrogens is 1. The summed E-state index contributed by atoms with van der Waals surface area (Å²) in [5.74, 6) is -0.119. The molecule has 0 saturated heterocycles. The predicted molar refractivity (Wildman–Crippen MR) is 74.9 cm³/mol. The van der Waals surface area contributed by atoms with Crippen LogP contribution in [0.15, 0.2) is 18.3 Å². The second kappa shape index (κ2) is 5.65. The molecule has 0 bridgehead atoms. The Balaban J connectivity index is 2.39. The molecule has 0 aliphatic carbocycles. The van der Waals surface area contributed by atoms with Crippen molar-refractivity contribution in [1.82, 2.24) is 10.3 Å². The number of phosphoric acid groups is 1. The topological polar surface area (TPSA) is 98.9 Å². The maximum absolute atomic E-state index is 11.1. The van der Waals surface area contributed by atoms with Gasteiger partial charge in [-0.25, -0.2) is 9.41 Å². The number of hydrogen-bond donors (Lipinski definition) is 4. The van der Waals surface area contributed by atoms with Crippen molar-refractivity contribution < 1.29 is 23.0 Å². The van der Waals surface area contributed by atoms with E-state index in [1.54, 1.807) is 6.20 Å². The molecule has 4 N–H and O–H groups in total. The van der Waals surface area contributed by atoms with Gasteiger partial charge in [-0.2, -0.15) is 0 Å². The number of H-pyrrole nitrogens is 1.